The van der Waals surface area contributed by atoms with Crippen molar-refractivity contribution in [3.05, 3.63) is 88.1 Å². The van der Waals surface area contributed by atoms with E-state index in [0.717, 1.165) is 11.1 Å². The van der Waals surface area contributed by atoms with E-state index < -0.39 is 5.91 Å². The van der Waals surface area contributed by atoms with Crippen LogP contribution in [-0.2, 0) is 11.2 Å². The summed E-state index contributed by atoms with van der Waals surface area (Å²) >= 11 is 5.90. The van der Waals surface area contributed by atoms with Crippen LogP contribution in [0, 0.1) is 0 Å². The number of hydrogen-bond acceptors (Lipinski definition) is 5. The summed E-state index contributed by atoms with van der Waals surface area (Å²) in [5.41, 5.74) is 2.64. The molecule has 0 fully saturated rings. The molecule has 7 nitrogen and oxygen atoms in total. The van der Waals surface area contributed by atoms with Gasteiger partial charge in [0.25, 0.3) is 11.8 Å². The first-order valence-corrected chi connectivity index (χ1v) is 10.9. The Morgan fingerprint density at radius 1 is 1.03 bits per heavy atom. The van der Waals surface area contributed by atoms with Gasteiger partial charge in [-0.2, -0.15) is 0 Å². The number of nitrogens with one attached hydrogen (secondary N) is 2. The molecule has 2 N–H and O–H groups in total. The number of benzene rings is 3. The molecule has 0 radical (unpaired) electrons. The molecule has 4 rings (SSSR count). The summed E-state index contributed by atoms with van der Waals surface area (Å²) in [6.07, 6.45) is 2.25. The Morgan fingerprint density at radius 3 is 2.53 bits per heavy atom. The molecule has 0 saturated carbocycles. The van der Waals surface area contributed by atoms with Crippen molar-refractivity contribution < 1.29 is 23.8 Å². The number of amides is 2. The van der Waals surface area contributed by atoms with E-state index in [2.05, 4.69) is 10.6 Å². The molecule has 1 heterocycles. The third-order valence-corrected chi connectivity index (χ3v) is 5.50. The van der Waals surface area contributed by atoms with E-state index in [4.69, 9.17) is 25.8 Å². The highest BCUT2D eigenvalue weighted by Gasteiger charge is 2.23. The van der Waals surface area contributed by atoms with E-state index in [0.29, 0.717) is 46.5 Å². The van der Waals surface area contributed by atoms with Crippen LogP contribution in [0.25, 0.3) is 6.08 Å². The summed E-state index contributed by atoms with van der Waals surface area (Å²) in [6, 6.07) is 17.6. The molecule has 0 bridgehead atoms. The fourth-order valence-electron chi connectivity index (χ4n) is 3.47. The molecule has 34 heavy (non-hydrogen) atoms. The molecule has 174 valence electrons. The summed E-state index contributed by atoms with van der Waals surface area (Å²) in [6.45, 7) is 0.433. The highest BCUT2D eigenvalue weighted by Crippen LogP contribution is 2.32. The lowest BCUT2D eigenvalue weighted by Crippen LogP contribution is -2.27. The largest absolute Gasteiger partial charge is 0.493 e. The van der Waals surface area contributed by atoms with Crippen LogP contribution in [0.5, 0.6) is 17.2 Å². The number of fused-ring (bicyclic) bond motifs is 1. The van der Waals surface area contributed by atoms with Gasteiger partial charge in [0.1, 0.15) is 0 Å². The van der Waals surface area contributed by atoms with Crippen molar-refractivity contribution in [1.82, 2.24) is 5.32 Å². The van der Waals surface area contributed by atoms with Crippen molar-refractivity contribution in [2.24, 2.45) is 0 Å². The lowest BCUT2D eigenvalue weighted by Gasteiger charge is -2.20. The molecule has 0 spiro atoms. The Kier molecular flexibility index (Phi) is 7.04. The predicted molar refractivity (Wildman–Crippen MR) is 131 cm³/mol. The number of methoxy groups -OCH3 is 2. The Labute approximate surface area is 202 Å². The summed E-state index contributed by atoms with van der Waals surface area (Å²) < 4.78 is 16.3. The second-order valence-corrected chi connectivity index (χ2v) is 7.96. The molecular weight excluding hydrogens is 456 g/mol. The zero-order valence-corrected chi connectivity index (χ0v) is 19.4. The maximum absolute atomic E-state index is 12.6. The molecule has 0 unspecified atom stereocenters. The smallest absolute Gasteiger partial charge is 0.291 e. The van der Waals surface area contributed by atoms with Crippen molar-refractivity contribution in [3.63, 3.8) is 0 Å². The molecule has 2 amide bonds. The maximum atomic E-state index is 12.6. The van der Waals surface area contributed by atoms with Gasteiger partial charge in [0, 0.05) is 17.1 Å². The van der Waals surface area contributed by atoms with Crippen molar-refractivity contribution in [1.29, 1.82) is 0 Å². The van der Waals surface area contributed by atoms with Gasteiger partial charge in [-0.1, -0.05) is 29.8 Å². The number of ether oxygens (including phenoxy) is 3. The first kappa shape index (κ1) is 23.2. The minimum atomic E-state index is -0.395. The molecule has 3 aromatic carbocycles. The summed E-state index contributed by atoms with van der Waals surface area (Å²) in [5, 5.41) is 6.28. The van der Waals surface area contributed by atoms with Gasteiger partial charge < -0.3 is 24.8 Å². The normalized spacial score (nSPS) is 13.5. The fraction of sp³-hybridized carbons (Fsp3) is 0.154. The summed E-state index contributed by atoms with van der Waals surface area (Å²) in [4.78, 5) is 25.1. The van der Waals surface area contributed by atoms with Gasteiger partial charge in [-0.05, 0) is 66.1 Å². The second-order valence-electron chi connectivity index (χ2n) is 7.52. The summed E-state index contributed by atoms with van der Waals surface area (Å²) in [7, 11) is 3.17. The van der Waals surface area contributed by atoms with Crippen molar-refractivity contribution in [2.75, 3.05) is 26.1 Å². The van der Waals surface area contributed by atoms with Crippen LogP contribution in [-0.4, -0.2) is 32.6 Å². The minimum absolute atomic E-state index is 0.155. The maximum Gasteiger partial charge on any atom is 0.291 e. The van der Waals surface area contributed by atoms with Gasteiger partial charge in [-0.15, -0.1) is 0 Å². The third-order valence-electron chi connectivity index (χ3n) is 5.25. The van der Waals surface area contributed by atoms with E-state index in [-0.39, 0.29) is 11.7 Å². The minimum Gasteiger partial charge on any atom is -0.493 e. The first-order valence-electron chi connectivity index (χ1n) is 10.6. The molecular formula is C26H23ClN2O5. The van der Waals surface area contributed by atoms with Crippen LogP contribution >= 0.6 is 11.6 Å². The number of hydrogen-bond donors (Lipinski definition) is 2. The molecule has 0 atom stereocenters. The number of halogens is 1. The van der Waals surface area contributed by atoms with E-state index in [1.807, 2.05) is 18.2 Å². The van der Waals surface area contributed by atoms with Gasteiger partial charge in [0.05, 0.1) is 19.9 Å². The second kappa shape index (κ2) is 10.3. The number of anilines is 1. The van der Waals surface area contributed by atoms with Crippen LogP contribution in [0.15, 0.2) is 66.4 Å². The number of carbonyl (C=O) groups is 2. The molecule has 0 aromatic heterocycles. The van der Waals surface area contributed by atoms with Crippen LogP contribution < -0.4 is 24.8 Å². The third kappa shape index (κ3) is 5.32. The average molecular weight is 479 g/mol. The van der Waals surface area contributed by atoms with Crippen LogP contribution in [0.2, 0.25) is 5.02 Å². The van der Waals surface area contributed by atoms with E-state index in [9.17, 15) is 9.59 Å². The summed E-state index contributed by atoms with van der Waals surface area (Å²) in [5.74, 6) is 1.26. The monoisotopic (exact) mass is 478 g/mol. The highest BCUT2D eigenvalue weighted by atomic mass is 35.5. The Hall–Kier alpha value is -3.97. The average Bonchev–Trinajstić information content (AvgIpc) is 2.85. The zero-order valence-electron chi connectivity index (χ0n) is 18.7. The quantitative estimate of drug-likeness (QED) is 0.481. The molecule has 3 aromatic rings. The molecule has 1 aliphatic rings. The highest BCUT2D eigenvalue weighted by molar-refractivity contribution is 6.30. The van der Waals surface area contributed by atoms with E-state index >= 15 is 0 Å². The number of rotatable bonds is 7. The van der Waals surface area contributed by atoms with Crippen molar-refractivity contribution in [2.45, 2.75) is 6.42 Å². The fourth-order valence-corrected chi connectivity index (χ4v) is 3.60. The first-order chi connectivity index (χ1) is 16.5. The standard InChI is InChI=1S/C26H23ClN2O5/c1-32-22-9-5-17(13-23(22)33-2)11-12-28-25(30)18-6-10-21-20(15-18)29-26(31)24(34-21)14-16-3-7-19(27)8-4-16/h3-10,13-15H,11-12H2,1-2H3,(H,28,30)(H,29,31)/b24-14+. The molecule has 1 aliphatic heterocycles. The molecule has 0 saturated heterocycles. The van der Waals surface area contributed by atoms with Gasteiger partial charge in [0.2, 0.25) is 0 Å². The Balaban J connectivity index is 1.39. The van der Waals surface area contributed by atoms with Crippen LogP contribution in [0.4, 0.5) is 5.69 Å². The topological polar surface area (TPSA) is 85.9 Å². The van der Waals surface area contributed by atoms with Gasteiger partial charge in [0.15, 0.2) is 23.0 Å². The predicted octanol–water partition coefficient (Wildman–Crippen LogP) is 4.70. The van der Waals surface area contributed by atoms with Crippen molar-refractivity contribution in [3.8, 4) is 17.2 Å². The van der Waals surface area contributed by atoms with Gasteiger partial charge in [-0.3, -0.25) is 9.59 Å². The lowest BCUT2D eigenvalue weighted by molar-refractivity contribution is -0.115. The van der Waals surface area contributed by atoms with Gasteiger partial charge >= 0.3 is 0 Å². The molecule has 0 aliphatic carbocycles. The molecule has 8 heteroatoms. The van der Waals surface area contributed by atoms with Crippen molar-refractivity contribution >= 4 is 35.2 Å². The van der Waals surface area contributed by atoms with Crippen LogP contribution in [0.1, 0.15) is 21.5 Å². The Bertz CT molecular complexity index is 1250. The van der Waals surface area contributed by atoms with E-state index in [1.165, 1.54) is 0 Å². The number of carbonyl (C=O) groups excluding carboxylic acids is 2. The van der Waals surface area contributed by atoms with E-state index in [1.54, 1.807) is 62.8 Å². The van der Waals surface area contributed by atoms with Gasteiger partial charge in [-0.25, -0.2) is 0 Å². The zero-order chi connectivity index (χ0) is 24.1. The lowest BCUT2D eigenvalue weighted by atomic mass is 10.1. The SMILES string of the molecule is COc1ccc(CCNC(=O)c2ccc3c(c2)NC(=O)/C(=C\c2ccc(Cl)cc2)O3)cc1OC. The van der Waals surface area contributed by atoms with Crippen LogP contribution in [0.3, 0.4) is 0 Å². The Morgan fingerprint density at radius 2 is 1.79 bits per heavy atom.